The average Bonchev–Trinajstić information content (AvgIpc) is 3.37. The molecule has 0 saturated heterocycles. The summed E-state index contributed by atoms with van der Waals surface area (Å²) in [6.45, 7) is 3.48. The van der Waals surface area contributed by atoms with Crippen LogP contribution in [0.15, 0.2) is 29.0 Å². The Hall–Kier alpha value is -3.20. The van der Waals surface area contributed by atoms with Crippen LogP contribution >= 0.6 is 11.3 Å². The van der Waals surface area contributed by atoms with E-state index in [9.17, 15) is 14.4 Å². The fourth-order valence-corrected chi connectivity index (χ4v) is 4.83. The number of esters is 2. The number of nitrogens with zero attached hydrogens (tertiary/aromatic N) is 1. The van der Waals surface area contributed by atoms with Gasteiger partial charge < -0.3 is 19.2 Å². The van der Waals surface area contributed by atoms with E-state index in [2.05, 4.69) is 10.3 Å². The van der Waals surface area contributed by atoms with Crippen molar-refractivity contribution in [3.63, 3.8) is 0 Å². The van der Waals surface area contributed by atoms with Crippen LogP contribution in [0.3, 0.4) is 0 Å². The highest BCUT2D eigenvalue weighted by atomic mass is 32.1. The van der Waals surface area contributed by atoms with Gasteiger partial charge in [0, 0.05) is 4.88 Å². The van der Waals surface area contributed by atoms with Gasteiger partial charge in [0.15, 0.2) is 18.1 Å². The highest BCUT2D eigenvalue weighted by Crippen LogP contribution is 2.38. The van der Waals surface area contributed by atoms with Gasteiger partial charge in [-0.25, -0.2) is 14.6 Å². The fourth-order valence-electron chi connectivity index (χ4n) is 3.55. The van der Waals surface area contributed by atoms with Crippen LogP contribution in [0.1, 0.15) is 57.8 Å². The van der Waals surface area contributed by atoms with Crippen LogP contribution in [0.25, 0.3) is 11.1 Å². The van der Waals surface area contributed by atoms with Crippen LogP contribution < -0.4 is 5.32 Å². The lowest BCUT2D eigenvalue weighted by Crippen LogP contribution is -2.30. The molecular formula is C22H22N2O6S. The maximum atomic E-state index is 12.7. The maximum Gasteiger partial charge on any atom is 0.341 e. The largest absolute Gasteiger partial charge is 0.462 e. The summed E-state index contributed by atoms with van der Waals surface area (Å²) in [4.78, 5) is 42.8. The van der Waals surface area contributed by atoms with Crippen LogP contribution in [-0.4, -0.2) is 35.5 Å². The molecule has 2 aromatic heterocycles. The predicted molar refractivity (Wildman–Crippen MR) is 114 cm³/mol. The molecule has 1 unspecified atom stereocenters. The number of benzene rings is 1. The Balaban J connectivity index is 1.49. The molecule has 1 aliphatic carbocycles. The summed E-state index contributed by atoms with van der Waals surface area (Å²) in [7, 11) is 0. The van der Waals surface area contributed by atoms with Crippen LogP contribution in [0.4, 0.5) is 5.00 Å². The number of carbonyl (C=O) groups excluding carboxylic acids is 3. The van der Waals surface area contributed by atoms with Gasteiger partial charge in [0.1, 0.15) is 10.5 Å². The third kappa shape index (κ3) is 4.32. The van der Waals surface area contributed by atoms with Gasteiger partial charge in [-0.2, -0.15) is 0 Å². The zero-order valence-corrected chi connectivity index (χ0v) is 18.0. The number of nitrogens with one attached hydrogen (secondary N) is 1. The summed E-state index contributed by atoms with van der Waals surface area (Å²) in [6.07, 6.45) is 3.93. The summed E-state index contributed by atoms with van der Waals surface area (Å²) >= 11 is 1.39. The van der Waals surface area contributed by atoms with Crippen molar-refractivity contribution in [1.29, 1.82) is 0 Å². The van der Waals surface area contributed by atoms with E-state index in [1.54, 1.807) is 19.1 Å². The van der Waals surface area contributed by atoms with Crippen molar-refractivity contribution < 1.29 is 28.3 Å². The Labute approximate surface area is 182 Å². The Morgan fingerprint density at radius 2 is 2.03 bits per heavy atom. The molecule has 0 saturated carbocycles. The highest BCUT2D eigenvalue weighted by Gasteiger charge is 2.29. The molecule has 0 bridgehead atoms. The van der Waals surface area contributed by atoms with Gasteiger partial charge in [-0.05, 0) is 63.3 Å². The molecule has 31 heavy (non-hydrogen) atoms. The van der Waals surface area contributed by atoms with E-state index in [0.717, 1.165) is 36.1 Å². The number of ether oxygens (including phenoxy) is 2. The van der Waals surface area contributed by atoms with Gasteiger partial charge in [-0.1, -0.05) is 0 Å². The summed E-state index contributed by atoms with van der Waals surface area (Å²) in [6, 6.07) is 4.70. The lowest BCUT2D eigenvalue weighted by molar-refractivity contribution is -0.123. The van der Waals surface area contributed by atoms with Crippen molar-refractivity contribution in [3.05, 3.63) is 46.2 Å². The van der Waals surface area contributed by atoms with Crippen molar-refractivity contribution in [2.75, 3.05) is 11.9 Å². The van der Waals surface area contributed by atoms with Gasteiger partial charge in [0.25, 0.3) is 5.91 Å². The molecular weight excluding hydrogens is 420 g/mol. The molecule has 1 aromatic carbocycles. The summed E-state index contributed by atoms with van der Waals surface area (Å²) in [5.74, 6) is -1.61. The van der Waals surface area contributed by atoms with E-state index < -0.39 is 23.9 Å². The first-order chi connectivity index (χ1) is 15.0. The molecule has 0 fully saturated rings. The Morgan fingerprint density at radius 3 is 2.84 bits per heavy atom. The summed E-state index contributed by atoms with van der Waals surface area (Å²) in [5.41, 5.74) is 2.71. The van der Waals surface area contributed by atoms with E-state index in [4.69, 9.17) is 13.9 Å². The van der Waals surface area contributed by atoms with E-state index in [-0.39, 0.29) is 12.2 Å². The minimum Gasteiger partial charge on any atom is -0.462 e. The molecule has 1 atom stereocenters. The lowest BCUT2D eigenvalue weighted by Gasteiger charge is -2.14. The van der Waals surface area contributed by atoms with Gasteiger partial charge in [0.05, 0.1) is 17.7 Å². The number of carbonyl (C=O) groups is 3. The number of aryl methyl sites for hydroxylation is 1. The Morgan fingerprint density at radius 1 is 1.23 bits per heavy atom. The normalized spacial score (nSPS) is 14.0. The third-order valence-corrected chi connectivity index (χ3v) is 6.31. The van der Waals surface area contributed by atoms with Crippen LogP contribution in [-0.2, 0) is 27.1 Å². The van der Waals surface area contributed by atoms with Crippen molar-refractivity contribution in [1.82, 2.24) is 4.98 Å². The minimum absolute atomic E-state index is 0.251. The summed E-state index contributed by atoms with van der Waals surface area (Å²) < 4.78 is 15.7. The minimum atomic E-state index is -1.06. The molecule has 1 amide bonds. The third-order valence-electron chi connectivity index (χ3n) is 5.11. The van der Waals surface area contributed by atoms with Crippen molar-refractivity contribution >= 4 is 45.3 Å². The van der Waals surface area contributed by atoms with Crippen molar-refractivity contribution in [3.8, 4) is 0 Å². The predicted octanol–water partition coefficient (Wildman–Crippen LogP) is 4.13. The number of fused-ring (bicyclic) bond motifs is 2. The number of aromatic nitrogens is 1. The van der Waals surface area contributed by atoms with E-state index in [1.165, 1.54) is 30.7 Å². The first-order valence-corrected chi connectivity index (χ1v) is 11.0. The lowest BCUT2D eigenvalue weighted by atomic mass is 9.95. The zero-order chi connectivity index (χ0) is 22.0. The number of anilines is 1. The average molecular weight is 442 g/mol. The standard InChI is InChI=1S/C22H22N2O6S/c1-3-28-22(27)18-14-6-4-5-7-17(14)31-20(18)24-19(25)12(2)30-21(26)13-8-9-16-15(10-13)23-11-29-16/h8-12H,3-7H2,1-2H3,(H,24,25). The first-order valence-electron chi connectivity index (χ1n) is 10.1. The van der Waals surface area contributed by atoms with Crippen molar-refractivity contribution in [2.24, 2.45) is 0 Å². The monoisotopic (exact) mass is 442 g/mol. The highest BCUT2D eigenvalue weighted by molar-refractivity contribution is 7.17. The molecule has 0 radical (unpaired) electrons. The fraction of sp³-hybridized carbons (Fsp3) is 0.364. The van der Waals surface area contributed by atoms with Crippen LogP contribution in [0.2, 0.25) is 0 Å². The van der Waals surface area contributed by atoms with Gasteiger partial charge >= 0.3 is 11.9 Å². The molecule has 4 rings (SSSR count). The second kappa shape index (κ2) is 8.89. The Bertz CT molecular complexity index is 1150. The number of hydrogen-bond donors (Lipinski definition) is 1. The second-order valence-corrected chi connectivity index (χ2v) is 8.31. The smallest absolute Gasteiger partial charge is 0.341 e. The quantitative estimate of drug-likeness (QED) is 0.572. The number of amides is 1. The second-order valence-electron chi connectivity index (χ2n) is 7.21. The van der Waals surface area contributed by atoms with E-state index in [0.29, 0.717) is 21.7 Å². The molecule has 3 aromatic rings. The van der Waals surface area contributed by atoms with Crippen LogP contribution in [0.5, 0.6) is 0 Å². The molecule has 9 heteroatoms. The first kappa shape index (κ1) is 21.0. The number of rotatable bonds is 6. The number of thiophene rings is 1. The SMILES string of the molecule is CCOC(=O)c1c(NC(=O)C(C)OC(=O)c2ccc3ocnc3c2)sc2c1CCCC2. The van der Waals surface area contributed by atoms with Crippen molar-refractivity contribution in [2.45, 2.75) is 45.6 Å². The molecule has 0 spiro atoms. The molecule has 2 heterocycles. The topological polar surface area (TPSA) is 108 Å². The zero-order valence-electron chi connectivity index (χ0n) is 17.2. The molecule has 1 N–H and O–H groups in total. The molecule has 162 valence electrons. The number of oxazole rings is 1. The molecule has 8 nitrogen and oxygen atoms in total. The molecule has 0 aliphatic heterocycles. The van der Waals surface area contributed by atoms with Gasteiger partial charge in [0.2, 0.25) is 0 Å². The van der Waals surface area contributed by atoms with Gasteiger partial charge in [-0.3, -0.25) is 4.79 Å². The Kier molecular flexibility index (Phi) is 6.03. The molecule has 1 aliphatic rings. The van der Waals surface area contributed by atoms with E-state index in [1.807, 2.05) is 0 Å². The summed E-state index contributed by atoms with van der Waals surface area (Å²) in [5, 5.41) is 3.21. The van der Waals surface area contributed by atoms with E-state index >= 15 is 0 Å². The van der Waals surface area contributed by atoms with Gasteiger partial charge in [-0.15, -0.1) is 11.3 Å². The van der Waals surface area contributed by atoms with Crippen LogP contribution in [0, 0.1) is 0 Å². The number of hydrogen-bond acceptors (Lipinski definition) is 8. The maximum absolute atomic E-state index is 12.7.